The Hall–Kier alpha value is -3.05. The summed E-state index contributed by atoms with van der Waals surface area (Å²) in [6, 6.07) is 15.1. The number of esters is 1. The maximum atomic E-state index is 13.5. The molecule has 2 aromatic carbocycles. The molecule has 6 heteroatoms. The molecule has 0 radical (unpaired) electrons. The molecule has 2 aliphatic rings. The third-order valence-electron chi connectivity index (χ3n) is 6.02. The topological polar surface area (TPSA) is 64.6 Å². The number of ketones is 1. The fourth-order valence-electron chi connectivity index (χ4n) is 4.61. The number of carbonyl (C=O) groups is 2. The van der Waals surface area contributed by atoms with Crippen LogP contribution in [-0.4, -0.2) is 26.0 Å². The zero-order valence-electron chi connectivity index (χ0n) is 17.7. The second-order valence-corrected chi connectivity index (χ2v) is 8.24. The van der Waals surface area contributed by atoms with Crippen LogP contribution >= 0.6 is 11.6 Å². The molecule has 4 rings (SSSR count). The summed E-state index contributed by atoms with van der Waals surface area (Å²) in [5, 5.41) is 4.00. The minimum Gasteiger partial charge on any atom is -0.496 e. The number of hydrogen-bond donors (Lipinski definition) is 1. The second kappa shape index (κ2) is 8.60. The molecule has 0 saturated carbocycles. The predicted molar refractivity (Wildman–Crippen MR) is 119 cm³/mol. The number of nitrogens with one attached hydrogen (secondary N) is 1. The van der Waals surface area contributed by atoms with Crippen LogP contribution in [0.3, 0.4) is 0 Å². The van der Waals surface area contributed by atoms with Crippen molar-refractivity contribution in [1.29, 1.82) is 0 Å². The van der Waals surface area contributed by atoms with E-state index in [1.807, 2.05) is 55.5 Å². The quantitative estimate of drug-likeness (QED) is 0.690. The maximum absolute atomic E-state index is 13.5. The smallest absolute Gasteiger partial charge is 0.336 e. The molecular formula is C25H24ClNO4. The van der Waals surface area contributed by atoms with E-state index in [0.29, 0.717) is 40.5 Å². The van der Waals surface area contributed by atoms with Crippen LogP contribution in [0.5, 0.6) is 5.75 Å². The molecule has 1 N–H and O–H groups in total. The van der Waals surface area contributed by atoms with Crippen LogP contribution in [0.15, 0.2) is 71.1 Å². The van der Waals surface area contributed by atoms with Gasteiger partial charge in [0.05, 0.1) is 25.7 Å². The van der Waals surface area contributed by atoms with Crippen molar-refractivity contribution in [1.82, 2.24) is 5.32 Å². The average molecular weight is 438 g/mol. The van der Waals surface area contributed by atoms with Crippen LogP contribution in [-0.2, 0) is 14.3 Å². The SMILES string of the molecule is COC(=O)C1=C(C)NC2=C(C(=O)C[C@H](c3ccc(Cl)cc3)C2)[C@H]1c1ccccc1OC. The van der Waals surface area contributed by atoms with E-state index >= 15 is 0 Å². The van der Waals surface area contributed by atoms with Crippen molar-refractivity contribution in [3.63, 3.8) is 0 Å². The summed E-state index contributed by atoms with van der Waals surface area (Å²) in [6.07, 6.45) is 1.03. The van der Waals surface area contributed by atoms with E-state index in [-0.39, 0.29) is 11.7 Å². The first-order valence-corrected chi connectivity index (χ1v) is 10.5. The normalized spacial score (nSPS) is 20.8. The number of halogens is 1. The summed E-state index contributed by atoms with van der Waals surface area (Å²) in [6.45, 7) is 1.84. The molecule has 1 aliphatic heterocycles. The predicted octanol–water partition coefficient (Wildman–Crippen LogP) is 4.88. The van der Waals surface area contributed by atoms with Crippen molar-refractivity contribution in [2.75, 3.05) is 14.2 Å². The third kappa shape index (κ3) is 3.86. The Kier molecular flexibility index (Phi) is 5.88. The highest BCUT2D eigenvalue weighted by atomic mass is 35.5. The molecule has 2 aromatic rings. The van der Waals surface area contributed by atoms with Crippen molar-refractivity contribution in [3.05, 3.63) is 87.2 Å². The van der Waals surface area contributed by atoms with Crippen LogP contribution in [0.25, 0.3) is 0 Å². The van der Waals surface area contributed by atoms with Gasteiger partial charge in [-0.25, -0.2) is 4.79 Å². The molecule has 2 atom stereocenters. The number of benzene rings is 2. The lowest BCUT2D eigenvalue weighted by Gasteiger charge is -2.37. The van der Waals surface area contributed by atoms with E-state index < -0.39 is 11.9 Å². The van der Waals surface area contributed by atoms with Crippen molar-refractivity contribution in [2.45, 2.75) is 31.6 Å². The van der Waals surface area contributed by atoms with E-state index in [0.717, 1.165) is 16.8 Å². The van der Waals surface area contributed by atoms with Gasteiger partial charge in [0.2, 0.25) is 0 Å². The molecule has 0 fully saturated rings. The van der Waals surface area contributed by atoms with E-state index in [1.54, 1.807) is 7.11 Å². The highest BCUT2D eigenvalue weighted by molar-refractivity contribution is 6.30. The Bertz CT molecular complexity index is 1100. The van der Waals surface area contributed by atoms with Crippen LogP contribution in [0.2, 0.25) is 5.02 Å². The Morgan fingerprint density at radius 1 is 1.06 bits per heavy atom. The number of Topliss-reactive ketones (excluding diaryl/α,β-unsaturated/α-hetero) is 1. The standard InChI is InChI=1S/C25H24ClNO4/c1-14-22(25(29)31-3)23(18-6-4-5-7-21(18)30-2)24-19(27-14)12-16(13-20(24)28)15-8-10-17(26)11-9-15/h4-11,16,23,27H,12-13H2,1-3H3/t16-,23+/m1/s1. The molecule has 0 unspecified atom stereocenters. The summed E-state index contributed by atoms with van der Waals surface area (Å²) in [5.74, 6) is -0.318. The highest BCUT2D eigenvalue weighted by Crippen LogP contribution is 2.47. The summed E-state index contributed by atoms with van der Waals surface area (Å²) < 4.78 is 10.6. The lowest BCUT2D eigenvalue weighted by atomic mass is 9.71. The second-order valence-electron chi connectivity index (χ2n) is 7.80. The van der Waals surface area contributed by atoms with Crippen LogP contribution in [0.1, 0.15) is 42.7 Å². The van der Waals surface area contributed by atoms with Gasteiger partial charge in [0.25, 0.3) is 0 Å². The Balaban J connectivity index is 1.83. The number of carbonyl (C=O) groups excluding carboxylic acids is 2. The number of hydrogen-bond acceptors (Lipinski definition) is 5. The molecule has 0 aromatic heterocycles. The fourth-order valence-corrected chi connectivity index (χ4v) is 4.73. The first-order valence-electron chi connectivity index (χ1n) is 10.1. The fraction of sp³-hybridized carbons (Fsp3) is 0.280. The van der Waals surface area contributed by atoms with Crippen LogP contribution < -0.4 is 10.1 Å². The monoisotopic (exact) mass is 437 g/mol. The van der Waals surface area contributed by atoms with Crippen molar-refractivity contribution in [3.8, 4) is 5.75 Å². The van der Waals surface area contributed by atoms with E-state index in [4.69, 9.17) is 21.1 Å². The van der Waals surface area contributed by atoms with Crippen molar-refractivity contribution >= 4 is 23.4 Å². The Morgan fingerprint density at radius 2 is 1.77 bits per heavy atom. The summed E-state index contributed by atoms with van der Waals surface area (Å²) in [5.41, 5.74) is 4.42. The van der Waals surface area contributed by atoms with Gasteiger partial charge in [-0.2, -0.15) is 0 Å². The minimum absolute atomic E-state index is 0.0125. The Labute approximate surface area is 186 Å². The van der Waals surface area contributed by atoms with Gasteiger partial charge < -0.3 is 14.8 Å². The van der Waals surface area contributed by atoms with Gasteiger partial charge in [0.1, 0.15) is 5.75 Å². The molecule has 0 saturated heterocycles. The zero-order chi connectivity index (χ0) is 22.1. The summed E-state index contributed by atoms with van der Waals surface area (Å²) in [4.78, 5) is 26.2. The third-order valence-corrected chi connectivity index (χ3v) is 6.28. The summed E-state index contributed by atoms with van der Waals surface area (Å²) >= 11 is 6.03. The average Bonchev–Trinajstić information content (AvgIpc) is 2.78. The van der Waals surface area contributed by atoms with E-state index in [9.17, 15) is 9.59 Å². The van der Waals surface area contributed by atoms with E-state index in [1.165, 1.54) is 7.11 Å². The van der Waals surface area contributed by atoms with Crippen molar-refractivity contribution in [2.24, 2.45) is 0 Å². The number of methoxy groups -OCH3 is 2. The lowest BCUT2D eigenvalue weighted by Crippen LogP contribution is -2.36. The first-order chi connectivity index (χ1) is 14.9. The molecule has 0 spiro atoms. The lowest BCUT2D eigenvalue weighted by molar-refractivity contribution is -0.136. The van der Waals surface area contributed by atoms with Gasteiger partial charge in [-0.1, -0.05) is 41.9 Å². The molecule has 1 aliphatic carbocycles. The van der Waals surface area contributed by atoms with E-state index in [2.05, 4.69) is 5.32 Å². The molecule has 5 nitrogen and oxygen atoms in total. The number of allylic oxidation sites excluding steroid dienone is 3. The molecule has 1 heterocycles. The van der Waals surface area contributed by atoms with Gasteiger partial charge in [-0.3, -0.25) is 4.79 Å². The van der Waals surface area contributed by atoms with Gasteiger partial charge in [0.15, 0.2) is 5.78 Å². The zero-order valence-corrected chi connectivity index (χ0v) is 18.5. The van der Waals surface area contributed by atoms with Crippen molar-refractivity contribution < 1.29 is 19.1 Å². The number of para-hydroxylation sites is 1. The molecule has 0 amide bonds. The first kappa shape index (κ1) is 21.2. The minimum atomic E-state index is -0.543. The Morgan fingerprint density at radius 3 is 2.45 bits per heavy atom. The molecule has 31 heavy (non-hydrogen) atoms. The van der Waals surface area contributed by atoms with Crippen LogP contribution in [0.4, 0.5) is 0 Å². The molecular weight excluding hydrogens is 414 g/mol. The number of ether oxygens (including phenoxy) is 2. The maximum Gasteiger partial charge on any atom is 0.336 e. The van der Waals surface area contributed by atoms with Gasteiger partial charge in [0, 0.05) is 34.0 Å². The van der Waals surface area contributed by atoms with Crippen LogP contribution in [0, 0.1) is 0 Å². The van der Waals surface area contributed by atoms with Gasteiger partial charge >= 0.3 is 5.97 Å². The summed E-state index contributed by atoms with van der Waals surface area (Å²) in [7, 11) is 2.94. The molecule has 160 valence electrons. The van der Waals surface area contributed by atoms with Gasteiger partial charge in [-0.15, -0.1) is 0 Å². The van der Waals surface area contributed by atoms with Gasteiger partial charge in [-0.05, 0) is 43.0 Å². The molecule has 0 bridgehead atoms. The largest absolute Gasteiger partial charge is 0.496 e. The number of dihydropyridines is 1. The highest BCUT2D eigenvalue weighted by Gasteiger charge is 2.42. The number of rotatable bonds is 4.